The highest BCUT2D eigenvalue weighted by atomic mass is 35.5. The highest BCUT2D eigenvalue weighted by Gasteiger charge is 2.22. The van der Waals surface area contributed by atoms with E-state index in [1.54, 1.807) is 0 Å². The Bertz CT molecular complexity index is 326. The highest BCUT2D eigenvalue weighted by molar-refractivity contribution is 6.30. The van der Waals surface area contributed by atoms with E-state index in [4.69, 9.17) is 11.6 Å². The van der Waals surface area contributed by atoms with Crippen molar-refractivity contribution >= 4 is 23.6 Å². The van der Waals surface area contributed by atoms with Gasteiger partial charge in [0.15, 0.2) is 12.0 Å². The third-order valence-electron chi connectivity index (χ3n) is 1.42. The van der Waals surface area contributed by atoms with Crippen molar-refractivity contribution in [3.8, 4) is 0 Å². The molecule has 2 rings (SSSR count). The molecule has 0 spiro atoms. The van der Waals surface area contributed by atoms with Crippen LogP contribution in [-0.2, 0) is 0 Å². The van der Waals surface area contributed by atoms with Crippen molar-refractivity contribution in [2.75, 3.05) is 0 Å². The van der Waals surface area contributed by atoms with Crippen LogP contribution < -0.4 is 0 Å². The van der Waals surface area contributed by atoms with E-state index in [1.807, 2.05) is 0 Å². The number of halogens is 2. The van der Waals surface area contributed by atoms with Crippen LogP contribution in [0.25, 0.3) is 0 Å². The standard InChI is InChI=1S/C6H3ClFN3/c7-5-4-3(8)1-9-6(4)11-2-10-5/h1-3H. The molecule has 1 aromatic heterocycles. The molecular weight excluding hydrogens is 169 g/mol. The number of hydrogen-bond acceptors (Lipinski definition) is 3. The minimum atomic E-state index is -1.25. The molecule has 0 bridgehead atoms. The summed E-state index contributed by atoms with van der Waals surface area (Å²) >= 11 is 5.59. The van der Waals surface area contributed by atoms with E-state index < -0.39 is 6.17 Å². The van der Waals surface area contributed by atoms with Gasteiger partial charge in [-0.15, -0.1) is 0 Å². The molecule has 1 aromatic rings. The van der Waals surface area contributed by atoms with Gasteiger partial charge in [-0.2, -0.15) is 0 Å². The van der Waals surface area contributed by atoms with Crippen LogP contribution in [0, 0.1) is 0 Å². The fourth-order valence-electron chi connectivity index (χ4n) is 0.916. The number of fused-ring (bicyclic) bond motifs is 1. The lowest BCUT2D eigenvalue weighted by atomic mass is 10.2. The first-order valence-electron chi connectivity index (χ1n) is 2.97. The maximum Gasteiger partial charge on any atom is 0.167 e. The van der Waals surface area contributed by atoms with Crippen LogP contribution in [0.1, 0.15) is 11.7 Å². The Morgan fingerprint density at radius 1 is 1.45 bits per heavy atom. The van der Waals surface area contributed by atoms with Crippen LogP contribution in [0.15, 0.2) is 11.3 Å². The molecule has 0 amide bonds. The Morgan fingerprint density at radius 2 is 2.27 bits per heavy atom. The van der Waals surface area contributed by atoms with Crippen molar-refractivity contribution in [1.29, 1.82) is 0 Å². The molecule has 2 heterocycles. The molecule has 0 radical (unpaired) electrons. The molecule has 1 atom stereocenters. The number of aromatic nitrogens is 2. The summed E-state index contributed by atoms with van der Waals surface area (Å²) < 4.78 is 12.9. The Labute approximate surface area is 67.0 Å². The van der Waals surface area contributed by atoms with Crippen LogP contribution >= 0.6 is 11.6 Å². The monoisotopic (exact) mass is 171 g/mol. The average molecular weight is 172 g/mol. The zero-order valence-electron chi connectivity index (χ0n) is 5.33. The first-order chi connectivity index (χ1) is 5.29. The maximum atomic E-state index is 12.9. The summed E-state index contributed by atoms with van der Waals surface area (Å²) in [6, 6.07) is 0. The smallest absolute Gasteiger partial charge is 0.167 e. The molecule has 5 heteroatoms. The minimum Gasteiger partial charge on any atom is -0.238 e. The number of rotatable bonds is 0. The second-order valence-corrected chi connectivity index (χ2v) is 2.44. The molecular formula is C6H3ClFN3. The number of alkyl halides is 1. The van der Waals surface area contributed by atoms with E-state index >= 15 is 0 Å². The van der Waals surface area contributed by atoms with Crippen LogP contribution in [0.2, 0.25) is 5.15 Å². The van der Waals surface area contributed by atoms with E-state index in [9.17, 15) is 4.39 Å². The topological polar surface area (TPSA) is 38.1 Å². The molecule has 0 aromatic carbocycles. The Kier molecular flexibility index (Phi) is 1.35. The summed E-state index contributed by atoms with van der Waals surface area (Å²) in [6.07, 6.45) is 1.17. The van der Waals surface area contributed by atoms with E-state index in [0.717, 1.165) is 6.21 Å². The van der Waals surface area contributed by atoms with Crippen molar-refractivity contribution in [3.05, 3.63) is 17.0 Å². The van der Waals surface area contributed by atoms with Crippen LogP contribution in [0.4, 0.5) is 10.2 Å². The molecule has 0 N–H and O–H groups in total. The molecule has 0 aliphatic carbocycles. The summed E-state index contributed by atoms with van der Waals surface area (Å²) in [6.45, 7) is 0. The summed E-state index contributed by atoms with van der Waals surface area (Å²) in [7, 11) is 0. The molecule has 3 nitrogen and oxygen atoms in total. The lowest BCUT2D eigenvalue weighted by Crippen LogP contribution is -1.91. The van der Waals surface area contributed by atoms with Crippen molar-refractivity contribution in [2.45, 2.75) is 6.17 Å². The molecule has 0 fully saturated rings. The third kappa shape index (κ3) is 0.903. The van der Waals surface area contributed by atoms with Gasteiger partial charge in [0.05, 0.1) is 5.56 Å². The Morgan fingerprint density at radius 3 is 3.00 bits per heavy atom. The van der Waals surface area contributed by atoms with Gasteiger partial charge < -0.3 is 0 Å². The zero-order valence-corrected chi connectivity index (χ0v) is 6.09. The summed E-state index contributed by atoms with van der Waals surface area (Å²) in [5, 5.41) is 0.139. The van der Waals surface area contributed by atoms with Crippen molar-refractivity contribution < 1.29 is 4.39 Å². The van der Waals surface area contributed by atoms with Crippen molar-refractivity contribution in [3.63, 3.8) is 0 Å². The summed E-state index contributed by atoms with van der Waals surface area (Å²) in [5.41, 5.74) is 0.272. The fraction of sp³-hybridized carbons (Fsp3) is 0.167. The normalized spacial score (nSPS) is 20.4. The van der Waals surface area contributed by atoms with Crippen LogP contribution in [0.5, 0.6) is 0 Å². The predicted octanol–water partition coefficient (Wildman–Crippen LogP) is 1.86. The number of hydrogen-bond donors (Lipinski definition) is 0. The van der Waals surface area contributed by atoms with Gasteiger partial charge in [-0.05, 0) is 0 Å². The maximum absolute atomic E-state index is 12.9. The Balaban J connectivity index is 2.65. The first kappa shape index (κ1) is 6.67. The molecule has 56 valence electrons. The average Bonchev–Trinajstić information content (AvgIpc) is 2.34. The van der Waals surface area contributed by atoms with Gasteiger partial charge >= 0.3 is 0 Å². The van der Waals surface area contributed by atoms with Crippen LogP contribution in [0.3, 0.4) is 0 Å². The molecule has 1 unspecified atom stereocenters. The van der Waals surface area contributed by atoms with Gasteiger partial charge in [0.25, 0.3) is 0 Å². The van der Waals surface area contributed by atoms with Gasteiger partial charge in [0.2, 0.25) is 0 Å². The lowest BCUT2D eigenvalue weighted by Gasteiger charge is -1.98. The van der Waals surface area contributed by atoms with Gasteiger partial charge in [0.1, 0.15) is 11.5 Å². The molecule has 11 heavy (non-hydrogen) atoms. The van der Waals surface area contributed by atoms with Crippen LogP contribution in [-0.4, -0.2) is 16.2 Å². The van der Waals surface area contributed by atoms with Gasteiger partial charge in [-0.1, -0.05) is 11.6 Å². The first-order valence-corrected chi connectivity index (χ1v) is 3.35. The highest BCUT2D eigenvalue weighted by Crippen LogP contribution is 2.34. The van der Waals surface area contributed by atoms with Crippen molar-refractivity contribution in [2.24, 2.45) is 4.99 Å². The number of nitrogens with zero attached hydrogens (tertiary/aromatic N) is 3. The van der Waals surface area contributed by atoms with E-state index in [-0.39, 0.29) is 10.7 Å². The van der Waals surface area contributed by atoms with Crippen molar-refractivity contribution in [1.82, 2.24) is 9.97 Å². The van der Waals surface area contributed by atoms with Gasteiger partial charge in [-0.25, -0.2) is 19.4 Å². The zero-order chi connectivity index (χ0) is 7.84. The molecule has 0 saturated heterocycles. The second-order valence-electron chi connectivity index (χ2n) is 2.08. The quantitative estimate of drug-likeness (QED) is 0.559. The van der Waals surface area contributed by atoms with E-state index in [2.05, 4.69) is 15.0 Å². The SMILES string of the molecule is FC1C=Nc2ncnc(Cl)c21. The lowest BCUT2D eigenvalue weighted by molar-refractivity contribution is 0.451. The molecule has 1 aliphatic heterocycles. The largest absolute Gasteiger partial charge is 0.238 e. The summed E-state index contributed by atoms with van der Waals surface area (Å²) in [4.78, 5) is 11.1. The second kappa shape index (κ2) is 2.23. The predicted molar refractivity (Wildman–Crippen MR) is 39.0 cm³/mol. The summed E-state index contributed by atoms with van der Waals surface area (Å²) in [5.74, 6) is 0.331. The van der Waals surface area contributed by atoms with E-state index in [1.165, 1.54) is 6.33 Å². The third-order valence-corrected chi connectivity index (χ3v) is 1.72. The fourth-order valence-corrected chi connectivity index (χ4v) is 1.15. The molecule has 1 aliphatic rings. The minimum absolute atomic E-state index is 0.139. The van der Waals surface area contributed by atoms with E-state index in [0.29, 0.717) is 5.82 Å². The number of aliphatic imine (C=N–C) groups is 1. The van der Waals surface area contributed by atoms with Gasteiger partial charge in [-0.3, -0.25) is 0 Å². The Hall–Kier alpha value is -1.03. The molecule has 0 saturated carbocycles. The van der Waals surface area contributed by atoms with Gasteiger partial charge in [0, 0.05) is 6.21 Å².